The minimum Gasteiger partial charge on any atom is -0.320 e. The minimum absolute atomic E-state index is 0.316. The smallest absolute Gasteiger partial charge is 0.320 e. The molecule has 2 aromatic heterocycles. The van der Waals surface area contributed by atoms with Crippen LogP contribution < -0.4 is 11.2 Å². The molecule has 0 bridgehead atoms. The number of hydrogen-bond acceptors (Lipinski definition) is 3. The van der Waals surface area contributed by atoms with Gasteiger partial charge in [-0.3, -0.25) is 9.36 Å². The molecule has 0 saturated heterocycles. The van der Waals surface area contributed by atoms with Crippen LogP contribution in [0.2, 0.25) is 5.02 Å². The van der Waals surface area contributed by atoms with E-state index < -0.39 is 5.69 Å². The zero-order chi connectivity index (χ0) is 22.1. The number of imidazole rings is 1. The van der Waals surface area contributed by atoms with Crippen molar-refractivity contribution in [1.29, 1.82) is 0 Å². The summed E-state index contributed by atoms with van der Waals surface area (Å²) in [5, 5.41) is 0.424. The van der Waals surface area contributed by atoms with Crippen LogP contribution in [0, 0.1) is 12.8 Å². The highest BCUT2D eigenvalue weighted by Crippen LogP contribution is 2.21. The molecular formula is C24H25ClN4O2. The number of benzene rings is 2. The first kappa shape index (κ1) is 21.1. The first-order valence-electron chi connectivity index (χ1n) is 10.4. The third-order valence-electron chi connectivity index (χ3n) is 5.40. The fraction of sp³-hybridized carbons (Fsp3) is 0.292. The van der Waals surface area contributed by atoms with Crippen molar-refractivity contribution in [2.45, 2.75) is 40.3 Å². The number of aryl methyl sites for hydroxylation is 1. The van der Waals surface area contributed by atoms with Crippen molar-refractivity contribution in [3.63, 3.8) is 0 Å². The molecule has 2 aromatic carbocycles. The molecule has 0 atom stereocenters. The molecule has 2 heterocycles. The molecule has 0 amide bonds. The summed E-state index contributed by atoms with van der Waals surface area (Å²) >= 11 is 6.42. The molecule has 0 radical (unpaired) electrons. The van der Waals surface area contributed by atoms with Crippen molar-refractivity contribution in [1.82, 2.24) is 18.7 Å². The van der Waals surface area contributed by atoms with Gasteiger partial charge in [-0.05, 0) is 37.0 Å². The summed E-state index contributed by atoms with van der Waals surface area (Å²) in [4.78, 5) is 31.3. The van der Waals surface area contributed by atoms with E-state index in [1.54, 1.807) is 29.1 Å². The first-order valence-corrected chi connectivity index (χ1v) is 10.8. The number of fused-ring (bicyclic) bond motifs is 1. The standard InChI is InChI=1S/C24H25ClN4O2/c1-16(2)12-13-28-23(30)21-22(29(24(28)31)20-7-5-4-6-19(20)25)26-15-27(21)14-18-10-8-17(3)9-11-18/h4-11,15-16H,12-14H2,1-3H3. The lowest BCUT2D eigenvalue weighted by Crippen LogP contribution is -2.40. The predicted octanol–water partition coefficient (Wildman–Crippen LogP) is 4.41. The topological polar surface area (TPSA) is 61.8 Å². The molecule has 31 heavy (non-hydrogen) atoms. The summed E-state index contributed by atoms with van der Waals surface area (Å²) in [6.45, 7) is 6.99. The Labute approximate surface area is 185 Å². The highest BCUT2D eigenvalue weighted by molar-refractivity contribution is 6.32. The quantitative estimate of drug-likeness (QED) is 0.450. The van der Waals surface area contributed by atoms with Crippen LogP contribution in [0.3, 0.4) is 0 Å². The maximum absolute atomic E-state index is 13.4. The van der Waals surface area contributed by atoms with Gasteiger partial charge in [0.15, 0.2) is 11.2 Å². The van der Waals surface area contributed by atoms with Crippen molar-refractivity contribution < 1.29 is 0 Å². The third-order valence-corrected chi connectivity index (χ3v) is 5.72. The number of aromatic nitrogens is 4. The number of hydrogen-bond donors (Lipinski definition) is 0. The summed E-state index contributed by atoms with van der Waals surface area (Å²) in [5.41, 5.74) is 2.69. The van der Waals surface area contributed by atoms with Gasteiger partial charge in [0.25, 0.3) is 5.56 Å². The average Bonchev–Trinajstić information content (AvgIpc) is 3.14. The van der Waals surface area contributed by atoms with Gasteiger partial charge >= 0.3 is 5.69 Å². The zero-order valence-corrected chi connectivity index (χ0v) is 18.6. The van der Waals surface area contributed by atoms with Gasteiger partial charge in [0, 0.05) is 13.1 Å². The molecule has 7 heteroatoms. The summed E-state index contributed by atoms with van der Waals surface area (Å²) in [6, 6.07) is 15.2. The van der Waals surface area contributed by atoms with E-state index in [4.69, 9.17) is 11.6 Å². The van der Waals surface area contributed by atoms with Crippen molar-refractivity contribution in [3.05, 3.63) is 91.8 Å². The van der Waals surface area contributed by atoms with Crippen molar-refractivity contribution in [2.24, 2.45) is 5.92 Å². The van der Waals surface area contributed by atoms with Crippen molar-refractivity contribution in [2.75, 3.05) is 0 Å². The molecule has 0 aliphatic carbocycles. The molecule has 0 saturated carbocycles. The van der Waals surface area contributed by atoms with Crippen LogP contribution in [0.1, 0.15) is 31.4 Å². The number of halogens is 1. The Morgan fingerprint density at radius 1 is 1.03 bits per heavy atom. The molecule has 4 rings (SSSR count). The molecule has 4 aromatic rings. The molecule has 160 valence electrons. The van der Waals surface area contributed by atoms with Gasteiger partial charge in [-0.25, -0.2) is 14.3 Å². The van der Waals surface area contributed by atoms with Crippen LogP contribution in [-0.4, -0.2) is 18.7 Å². The van der Waals surface area contributed by atoms with Gasteiger partial charge < -0.3 is 4.57 Å². The van der Waals surface area contributed by atoms with E-state index in [0.717, 1.165) is 12.0 Å². The maximum atomic E-state index is 13.4. The van der Waals surface area contributed by atoms with Crippen molar-refractivity contribution >= 4 is 22.8 Å². The Kier molecular flexibility index (Phi) is 5.83. The highest BCUT2D eigenvalue weighted by Gasteiger charge is 2.20. The number of nitrogens with zero attached hydrogens (tertiary/aromatic N) is 4. The number of rotatable bonds is 6. The van der Waals surface area contributed by atoms with E-state index in [2.05, 4.69) is 18.8 Å². The molecule has 0 N–H and O–H groups in total. The highest BCUT2D eigenvalue weighted by atomic mass is 35.5. The maximum Gasteiger partial charge on any atom is 0.337 e. The monoisotopic (exact) mass is 436 g/mol. The average molecular weight is 437 g/mol. The lowest BCUT2D eigenvalue weighted by atomic mass is 10.1. The lowest BCUT2D eigenvalue weighted by Gasteiger charge is -2.14. The number of para-hydroxylation sites is 1. The van der Waals surface area contributed by atoms with E-state index in [9.17, 15) is 9.59 Å². The molecule has 0 aliphatic heterocycles. The minimum atomic E-state index is -0.424. The summed E-state index contributed by atoms with van der Waals surface area (Å²) in [6.07, 6.45) is 2.33. The van der Waals surface area contributed by atoms with Crippen LogP contribution in [-0.2, 0) is 13.1 Å². The molecule has 0 unspecified atom stereocenters. The van der Waals surface area contributed by atoms with E-state index in [0.29, 0.717) is 40.9 Å². The van der Waals surface area contributed by atoms with Gasteiger partial charge in [-0.2, -0.15) is 0 Å². The SMILES string of the molecule is Cc1ccc(Cn2cnc3c2c(=O)n(CCC(C)C)c(=O)n3-c2ccccc2Cl)cc1. The van der Waals surface area contributed by atoms with E-state index in [1.807, 2.05) is 37.3 Å². The van der Waals surface area contributed by atoms with Crippen LogP contribution in [0.5, 0.6) is 0 Å². The van der Waals surface area contributed by atoms with Crippen LogP contribution in [0.4, 0.5) is 0 Å². The Balaban J connectivity index is 1.97. The van der Waals surface area contributed by atoms with Crippen LogP contribution in [0.15, 0.2) is 64.4 Å². The molecule has 0 aliphatic rings. The Morgan fingerprint density at radius 2 is 1.74 bits per heavy atom. The van der Waals surface area contributed by atoms with Gasteiger partial charge in [0.1, 0.15) is 0 Å². The molecule has 0 spiro atoms. The fourth-order valence-electron chi connectivity index (χ4n) is 3.62. The van der Waals surface area contributed by atoms with Crippen LogP contribution in [0.25, 0.3) is 16.9 Å². The molecular weight excluding hydrogens is 412 g/mol. The third kappa shape index (κ3) is 4.08. The predicted molar refractivity (Wildman–Crippen MR) is 124 cm³/mol. The molecule has 0 fully saturated rings. The fourth-order valence-corrected chi connectivity index (χ4v) is 3.84. The normalized spacial score (nSPS) is 11.5. The van der Waals surface area contributed by atoms with Gasteiger partial charge in [-0.15, -0.1) is 0 Å². The van der Waals surface area contributed by atoms with E-state index >= 15 is 0 Å². The molecule has 6 nitrogen and oxygen atoms in total. The first-order chi connectivity index (χ1) is 14.9. The van der Waals surface area contributed by atoms with Crippen molar-refractivity contribution in [3.8, 4) is 5.69 Å². The Bertz CT molecular complexity index is 1350. The summed E-state index contributed by atoms with van der Waals surface area (Å²) in [5.74, 6) is 0.355. The zero-order valence-electron chi connectivity index (χ0n) is 17.9. The lowest BCUT2D eigenvalue weighted by molar-refractivity contribution is 0.491. The summed E-state index contributed by atoms with van der Waals surface area (Å²) < 4.78 is 4.56. The van der Waals surface area contributed by atoms with Gasteiger partial charge in [0.05, 0.1) is 17.0 Å². The second kappa shape index (κ2) is 8.55. The summed E-state index contributed by atoms with van der Waals surface area (Å²) in [7, 11) is 0. The van der Waals surface area contributed by atoms with E-state index in [1.165, 1.54) is 14.7 Å². The van der Waals surface area contributed by atoms with Gasteiger partial charge in [0.2, 0.25) is 0 Å². The van der Waals surface area contributed by atoms with Crippen LogP contribution >= 0.6 is 11.6 Å². The van der Waals surface area contributed by atoms with E-state index in [-0.39, 0.29) is 5.56 Å². The van der Waals surface area contributed by atoms with Gasteiger partial charge in [-0.1, -0.05) is 67.4 Å². The Hall–Kier alpha value is -3.12. The second-order valence-electron chi connectivity index (χ2n) is 8.24. The Morgan fingerprint density at radius 3 is 2.42 bits per heavy atom. The largest absolute Gasteiger partial charge is 0.337 e. The second-order valence-corrected chi connectivity index (χ2v) is 8.65.